The molecular weight excluding hydrogens is 212 g/mol. The molecule has 3 nitrogen and oxygen atoms in total. The molecule has 0 amide bonds. The summed E-state index contributed by atoms with van der Waals surface area (Å²) >= 11 is 0. The lowest BCUT2D eigenvalue weighted by Gasteiger charge is -2.26. The van der Waals surface area contributed by atoms with Gasteiger partial charge in [0.05, 0.1) is 0 Å². The Morgan fingerprint density at radius 1 is 1.18 bits per heavy atom. The van der Waals surface area contributed by atoms with Gasteiger partial charge in [-0.3, -0.25) is 0 Å². The molecule has 0 saturated heterocycles. The zero-order chi connectivity index (χ0) is 11.7. The maximum Gasteiger partial charge on any atom is 0.295 e. The van der Waals surface area contributed by atoms with Crippen LogP contribution < -0.4 is 5.32 Å². The number of benzene rings is 1. The molecule has 90 valence electrons. The van der Waals surface area contributed by atoms with Crippen molar-refractivity contribution in [2.24, 2.45) is 5.92 Å². The van der Waals surface area contributed by atoms with Crippen molar-refractivity contribution in [1.82, 2.24) is 4.98 Å². The van der Waals surface area contributed by atoms with Crippen molar-refractivity contribution >= 4 is 17.1 Å². The molecule has 0 atom stereocenters. The minimum absolute atomic E-state index is 0.527. The molecule has 0 unspecified atom stereocenters. The average Bonchev–Trinajstić information content (AvgIpc) is 2.74. The second kappa shape index (κ2) is 4.40. The number of para-hydroxylation sites is 2. The standard InChI is InChI=1S/C14H18N2O/c1-10-6-8-11(9-7-10)15-14-16-12-4-2-3-5-13(12)17-14/h2-5,10-11H,6-9H2,1H3,(H,15,16). The number of rotatable bonds is 2. The highest BCUT2D eigenvalue weighted by Crippen LogP contribution is 2.27. The highest BCUT2D eigenvalue weighted by Gasteiger charge is 2.19. The van der Waals surface area contributed by atoms with Crippen LogP contribution in [0.4, 0.5) is 6.01 Å². The van der Waals surface area contributed by atoms with Gasteiger partial charge in [-0.2, -0.15) is 4.98 Å². The molecule has 0 aliphatic heterocycles. The Hall–Kier alpha value is -1.51. The summed E-state index contributed by atoms with van der Waals surface area (Å²) in [5, 5.41) is 3.41. The molecule has 3 rings (SSSR count). The summed E-state index contributed by atoms with van der Waals surface area (Å²) in [6.07, 6.45) is 5.05. The molecular formula is C14H18N2O. The highest BCUT2D eigenvalue weighted by atomic mass is 16.4. The normalized spacial score (nSPS) is 25.0. The van der Waals surface area contributed by atoms with Gasteiger partial charge in [-0.25, -0.2) is 0 Å². The summed E-state index contributed by atoms with van der Waals surface area (Å²) in [5.74, 6) is 0.872. The Morgan fingerprint density at radius 3 is 2.71 bits per heavy atom. The van der Waals surface area contributed by atoms with Gasteiger partial charge in [-0.05, 0) is 43.7 Å². The van der Waals surface area contributed by atoms with Crippen LogP contribution >= 0.6 is 0 Å². The van der Waals surface area contributed by atoms with Crippen molar-refractivity contribution in [2.75, 3.05) is 5.32 Å². The number of nitrogens with zero attached hydrogens (tertiary/aromatic N) is 1. The van der Waals surface area contributed by atoms with E-state index in [1.165, 1.54) is 25.7 Å². The SMILES string of the molecule is CC1CCC(Nc2nc3ccccc3o2)CC1. The number of hydrogen-bond donors (Lipinski definition) is 1. The monoisotopic (exact) mass is 230 g/mol. The first-order valence-corrected chi connectivity index (χ1v) is 6.43. The quantitative estimate of drug-likeness (QED) is 0.852. The summed E-state index contributed by atoms with van der Waals surface area (Å²) in [6, 6.07) is 9.09. The van der Waals surface area contributed by atoms with Gasteiger partial charge in [0.2, 0.25) is 0 Å². The van der Waals surface area contributed by atoms with Crippen molar-refractivity contribution in [1.29, 1.82) is 0 Å². The van der Waals surface area contributed by atoms with Gasteiger partial charge in [-0.15, -0.1) is 0 Å². The molecule has 1 aliphatic carbocycles. The Labute approximate surface area is 101 Å². The summed E-state index contributed by atoms with van der Waals surface area (Å²) in [7, 11) is 0. The van der Waals surface area contributed by atoms with Crippen molar-refractivity contribution < 1.29 is 4.42 Å². The molecule has 0 radical (unpaired) electrons. The fraction of sp³-hybridized carbons (Fsp3) is 0.500. The number of aromatic nitrogens is 1. The lowest BCUT2D eigenvalue weighted by molar-refractivity contribution is 0.357. The molecule has 1 fully saturated rings. The maximum atomic E-state index is 5.68. The molecule has 0 spiro atoms. The van der Waals surface area contributed by atoms with Crippen molar-refractivity contribution in [3.8, 4) is 0 Å². The van der Waals surface area contributed by atoms with Crippen LogP contribution in [0.3, 0.4) is 0 Å². The number of fused-ring (bicyclic) bond motifs is 1. The highest BCUT2D eigenvalue weighted by molar-refractivity contribution is 5.74. The van der Waals surface area contributed by atoms with E-state index in [0.29, 0.717) is 12.1 Å². The first kappa shape index (κ1) is 10.6. The lowest BCUT2D eigenvalue weighted by Crippen LogP contribution is -2.25. The molecule has 1 N–H and O–H groups in total. The van der Waals surface area contributed by atoms with Crippen LogP contribution in [-0.4, -0.2) is 11.0 Å². The zero-order valence-corrected chi connectivity index (χ0v) is 10.1. The molecule has 2 aromatic rings. The minimum Gasteiger partial charge on any atom is -0.424 e. The third-order valence-corrected chi connectivity index (χ3v) is 3.64. The molecule has 0 bridgehead atoms. The second-order valence-electron chi connectivity index (χ2n) is 5.09. The Bertz CT molecular complexity index is 465. The molecule has 17 heavy (non-hydrogen) atoms. The number of oxazole rings is 1. The molecule has 1 saturated carbocycles. The molecule has 1 aromatic carbocycles. The minimum atomic E-state index is 0.527. The van der Waals surface area contributed by atoms with Crippen LogP contribution in [0.1, 0.15) is 32.6 Å². The van der Waals surface area contributed by atoms with Gasteiger partial charge in [-0.1, -0.05) is 19.1 Å². The van der Waals surface area contributed by atoms with Crippen molar-refractivity contribution in [3.63, 3.8) is 0 Å². The van der Waals surface area contributed by atoms with Crippen LogP contribution in [0.5, 0.6) is 0 Å². The predicted molar refractivity (Wildman–Crippen MR) is 69.1 cm³/mol. The third kappa shape index (κ3) is 2.28. The van der Waals surface area contributed by atoms with E-state index in [9.17, 15) is 0 Å². The van der Waals surface area contributed by atoms with Crippen LogP contribution in [0.15, 0.2) is 28.7 Å². The van der Waals surface area contributed by atoms with E-state index in [4.69, 9.17) is 4.42 Å². The zero-order valence-electron chi connectivity index (χ0n) is 10.1. The Balaban J connectivity index is 1.72. The Kier molecular flexibility index (Phi) is 2.75. The summed E-state index contributed by atoms with van der Waals surface area (Å²) < 4.78 is 5.68. The summed E-state index contributed by atoms with van der Waals surface area (Å²) in [4.78, 5) is 4.45. The number of anilines is 1. The molecule has 3 heteroatoms. The predicted octanol–water partition coefficient (Wildman–Crippen LogP) is 3.82. The number of hydrogen-bond acceptors (Lipinski definition) is 3. The number of nitrogens with one attached hydrogen (secondary N) is 1. The van der Waals surface area contributed by atoms with E-state index < -0.39 is 0 Å². The van der Waals surface area contributed by atoms with Crippen LogP contribution in [0.2, 0.25) is 0 Å². The van der Waals surface area contributed by atoms with Crippen LogP contribution in [0, 0.1) is 5.92 Å². The third-order valence-electron chi connectivity index (χ3n) is 3.64. The lowest BCUT2D eigenvalue weighted by atomic mass is 9.87. The fourth-order valence-electron chi connectivity index (χ4n) is 2.51. The van der Waals surface area contributed by atoms with Gasteiger partial charge in [0.15, 0.2) is 5.58 Å². The van der Waals surface area contributed by atoms with Gasteiger partial charge < -0.3 is 9.73 Å². The van der Waals surface area contributed by atoms with E-state index in [1.54, 1.807) is 0 Å². The second-order valence-corrected chi connectivity index (χ2v) is 5.09. The first-order valence-electron chi connectivity index (χ1n) is 6.43. The van der Waals surface area contributed by atoms with E-state index in [1.807, 2.05) is 24.3 Å². The van der Waals surface area contributed by atoms with Gasteiger partial charge in [0.25, 0.3) is 6.01 Å². The van der Waals surface area contributed by atoms with E-state index in [2.05, 4.69) is 17.2 Å². The first-order chi connectivity index (χ1) is 8.31. The molecule has 1 aromatic heterocycles. The largest absolute Gasteiger partial charge is 0.424 e. The van der Waals surface area contributed by atoms with Gasteiger partial charge in [0.1, 0.15) is 5.52 Å². The van der Waals surface area contributed by atoms with Crippen LogP contribution in [-0.2, 0) is 0 Å². The topological polar surface area (TPSA) is 38.1 Å². The van der Waals surface area contributed by atoms with Crippen molar-refractivity contribution in [2.45, 2.75) is 38.6 Å². The summed E-state index contributed by atoms with van der Waals surface area (Å²) in [5.41, 5.74) is 1.79. The van der Waals surface area contributed by atoms with E-state index >= 15 is 0 Å². The summed E-state index contributed by atoms with van der Waals surface area (Å²) in [6.45, 7) is 2.33. The smallest absolute Gasteiger partial charge is 0.295 e. The van der Waals surface area contributed by atoms with Gasteiger partial charge in [0, 0.05) is 6.04 Å². The molecule has 1 heterocycles. The maximum absolute atomic E-state index is 5.68. The fourth-order valence-corrected chi connectivity index (χ4v) is 2.51. The van der Waals surface area contributed by atoms with E-state index in [0.717, 1.165) is 17.0 Å². The van der Waals surface area contributed by atoms with Crippen molar-refractivity contribution in [3.05, 3.63) is 24.3 Å². The van der Waals surface area contributed by atoms with E-state index in [-0.39, 0.29) is 0 Å². The average molecular weight is 230 g/mol. The van der Waals surface area contributed by atoms with Gasteiger partial charge >= 0.3 is 0 Å². The Morgan fingerprint density at radius 2 is 1.94 bits per heavy atom. The molecule has 1 aliphatic rings. The van der Waals surface area contributed by atoms with Crippen LogP contribution in [0.25, 0.3) is 11.1 Å².